The summed E-state index contributed by atoms with van der Waals surface area (Å²) >= 11 is 6.11. The van der Waals surface area contributed by atoms with E-state index in [0.29, 0.717) is 24.7 Å². The smallest absolute Gasteiger partial charge is 0.168 e. The molecule has 2 heterocycles. The highest BCUT2D eigenvalue weighted by atomic mass is 35.5. The average molecular weight is 281 g/mol. The van der Waals surface area contributed by atoms with Crippen LogP contribution in [0, 0.1) is 0 Å². The second-order valence-electron chi connectivity index (χ2n) is 5.43. The molecule has 4 heteroatoms. The lowest BCUT2D eigenvalue weighted by molar-refractivity contribution is -0.136. The Bertz CT molecular complexity index is 518. The molecule has 2 aliphatic heterocycles. The molecule has 0 bridgehead atoms. The molecule has 1 atom stereocenters. The van der Waals surface area contributed by atoms with E-state index in [-0.39, 0.29) is 5.78 Å². The van der Waals surface area contributed by atoms with Gasteiger partial charge in [0.05, 0.1) is 6.61 Å². The normalized spacial score (nSPS) is 25.2. The minimum absolute atomic E-state index is 0.116. The molecule has 1 fully saturated rings. The number of carbonyl (C=O) groups is 1. The van der Waals surface area contributed by atoms with E-state index in [1.54, 1.807) is 0 Å². The third-order valence-electron chi connectivity index (χ3n) is 3.98. The minimum atomic E-state index is -0.631. The molecule has 1 saturated heterocycles. The summed E-state index contributed by atoms with van der Waals surface area (Å²) in [4.78, 5) is 12.4. The number of hydrogen-bond donors (Lipinski definition) is 0. The third-order valence-corrected chi connectivity index (χ3v) is 4.20. The number of fused-ring (bicyclic) bond motifs is 1. The van der Waals surface area contributed by atoms with Gasteiger partial charge in [0.25, 0.3) is 0 Å². The molecule has 0 aromatic heterocycles. The number of ketones is 1. The Morgan fingerprint density at radius 2 is 2.26 bits per heavy atom. The first kappa shape index (κ1) is 12.9. The summed E-state index contributed by atoms with van der Waals surface area (Å²) in [5.41, 5.74) is 1.36. The van der Waals surface area contributed by atoms with Gasteiger partial charge >= 0.3 is 0 Å². The van der Waals surface area contributed by atoms with Crippen molar-refractivity contribution in [3.63, 3.8) is 0 Å². The maximum Gasteiger partial charge on any atom is 0.168 e. The summed E-state index contributed by atoms with van der Waals surface area (Å²) in [6.07, 6.45) is 2.95. The zero-order valence-corrected chi connectivity index (χ0v) is 11.8. The van der Waals surface area contributed by atoms with Crippen molar-refractivity contribution >= 4 is 17.4 Å². The van der Waals surface area contributed by atoms with E-state index in [1.807, 2.05) is 19.1 Å². The van der Waals surface area contributed by atoms with Crippen LogP contribution in [0.5, 0.6) is 5.75 Å². The first-order valence-electron chi connectivity index (χ1n) is 6.70. The summed E-state index contributed by atoms with van der Waals surface area (Å²) in [6, 6.07) is 3.76. The molecule has 19 heavy (non-hydrogen) atoms. The summed E-state index contributed by atoms with van der Waals surface area (Å²) in [5.74, 6) is 0.962. The van der Waals surface area contributed by atoms with Gasteiger partial charge in [-0.2, -0.15) is 0 Å². The van der Waals surface area contributed by atoms with E-state index in [4.69, 9.17) is 21.1 Å². The van der Waals surface area contributed by atoms with Crippen LogP contribution in [0.4, 0.5) is 0 Å². The van der Waals surface area contributed by atoms with Crippen molar-refractivity contribution in [3.8, 4) is 5.75 Å². The lowest BCUT2D eigenvalue weighted by Gasteiger charge is -2.22. The van der Waals surface area contributed by atoms with Crippen molar-refractivity contribution in [1.82, 2.24) is 0 Å². The number of carbonyl (C=O) groups excluding carboxylic acids is 1. The van der Waals surface area contributed by atoms with Gasteiger partial charge in [-0.1, -0.05) is 11.6 Å². The molecule has 0 radical (unpaired) electrons. The first-order chi connectivity index (χ1) is 9.08. The molecule has 3 nitrogen and oxygen atoms in total. The van der Waals surface area contributed by atoms with Crippen LogP contribution in [-0.4, -0.2) is 24.6 Å². The lowest BCUT2D eigenvalue weighted by Crippen LogP contribution is -2.35. The largest absolute Gasteiger partial charge is 0.493 e. The van der Waals surface area contributed by atoms with Crippen LogP contribution in [0.2, 0.25) is 5.02 Å². The maximum atomic E-state index is 12.4. The number of halogens is 1. The molecular formula is C15H17ClO3. The fourth-order valence-corrected chi connectivity index (χ4v) is 3.10. The van der Waals surface area contributed by atoms with Gasteiger partial charge in [-0.25, -0.2) is 0 Å². The highest BCUT2D eigenvalue weighted by Gasteiger charge is 2.37. The van der Waals surface area contributed by atoms with Gasteiger partial charge in [-0.15, -0.1) is 0 Å². The molecule has 0 N–H and O–H groups in total. The number of ether oxygens (including phenoxy) is 2. The van der Waals surface area contributed by atoms with Crippen molar-refractivity contribution in [3.05, 3.63) is 28.3 Å². The minimum Gasteiger partial charge on any atom is -0.493 e. The molecule has 102 valence electrons. The van der Waals surface area contributed by atoms with Crippen molar-refractivity contribution in [2.75, 3.05) is 13.2 Å². The Kier molecular flexibility index (Phi) is 3.27. The Morgan fingerprint density at radius 1 is 1.42 bits per heavy atom. The standard InChI is InChI=1S/C15H17ClO3/c1-15(4-2-5-19-15)13(17)9-11-8-12(16)7-10-3-6-18-14(10)11/h7-8H,2-6,9H2,1H3. The van der Waals surface area contributed by atoms with E-state index in [0.717, 1.165) is 36.1 Å². The van der Waals surface area contributed by atoms with Crippen molar-refractivity contribution in [2.24, 2.45) is 0 Å². The Labute approximate surface area is 117 Å². The number of Topliss-reactive ketones (excluding diaryl/α,β-unsaturated/α-hetero) is 1. The van der Waals surface area contributed by atoms with Crippen LogP contribution in [0.3, 0.4) is 0 Å². The summed E-state index contributed by atoms with van der Waals surface area (Å²) in [7, 11) is 0. The van der Waals surface area contributed by atoms with Gasteiger partial charge in [-0.3, -0.25) is 4.79 Å². The second kappa shape index (κ2) is 4.80. The van der Waals surface area contributed by atoms with Crippen molar-refractivity contribution in [2.45, 2.75) is 38.2 Å². The van der Waals surface area contributed by atoms with E-state index in [2.05, 4.69) is 0 Å². The SMILES string of the molecule is CC1(C(=O)Cc2cc(Cl)cc3c2OCC3)CCCO1. The molecule has 0 saturated carbocycles. The Balaban J connectivity index is 1.86. The summed E-state index contributed by atoms with van der Waals surface area (Å²) in [6.45, 7) is 3.23. The van der Waals surface area contributed by atoms with Crippen molar-refractivity contribution < 1.29 is 14.3 Å². The van der Waals surface area contributed by atoms with Crippen molar-refractivity contribution in [1.29, 1.82) is 0 Å². The quantitative estimate of drug-likeness (QED) is 0.854. The van der Waals surface area contributed by atoms with Crippen LogP contribution in [0.15, 0.2) is 12.1 Å². The molecule has 0 amide bonds. The molecular weight excluding hydrogens is 264 g/mol. The summed E-state index contributed by atoms with van der Waals surface area (Å²) in [5, 5.41) is 0.671. The van der Waals surface area contributed by atoms with E-state index in [1.165, 1.54) is 0 Å². The van der Waals surface area contributed by atoms with E-state index < -0.39 is 5.60 Å². The van der Waals surface area contributed by atoms with Crippen LogP contribution < -0.4 is 4.74 Å². The predicted octanol–water partition coefficient (Wildman–Crippen LogP) is 2.96. The van der Waals surface area contributed by atoms with Gasteiger partial charge in [0.1, 0.15) is 11.4 Å². The van der Waals surface area contributed by atoms with E-state index >= 15 is 0 Å². The highest BCUT2D eigenvalue weighted by molar-refractivity contribution is 6.30. The molecule has 0 spiro atoms. The monoisotopic (exact) mass is 280 g/mol. The molecule has 0 aliphatic carbocycles. The fraction of sp³-hybridized carbons (Fsp3) is 0.533. The van der Waals surface area contributed by atoms with Crippen LogP contribution in [-0.2, 0) is 22.4 Å². The van der Waals surface area contributed by atoms with Gasteiger partial charge in [-0.05, 0) is 37.5 Å². The van der Waals surface area contributed by atoms with Gasteiger partial charge in [0.15, 0.2) is 5.78 Å². The van der Waals surface area contributed by atoms with Crippen LogP contribution in [0.1, 0.15) is 30.9 Å². The number of benzene rings is 1. The Hall–Kier alpha value is -1.06. The molecule has 1 aromatic rings. The second-order valence-corrected chi connectivity index (χ2v) is 5.87. The molecule has 2 aliphatic rings. The van der Waals surface area contributed by atoms with Gasteiger partial charge in [0.2, 0.25) is 0 Å². The molecule has 3 rings (SSSR count). The summed E-state index contributed by atoms with van der Waals surface area (Å²) < 4.78 is 11.2. The predicted molar refractivity (Wildman–Crippen MR) is 73.0 cm³/mol. The highest BCUT2D eigenvalue weighted by Crippen LogP contribution is 2.35. The zero-order chi connectivity index (χ0) is 13.5. The Morgan fingerprint density at radius 3 is 3.00 bits per heavy atom. The number of hydrogen-bond acceptors (Lipinski definition) is 3. The topological polar surface area (TPSA) is 35.5 Å². The van der Waals surface area contributed by atoms with Crippen LogP contribution in [0.25, 0.3) is 0 Å². The fourth-order valence-electron chi connectivity index (χ4n) is 2.84. The lowest BCUT2D eigenvalue weighted by atomic mass is 9.91. The molecule has 1 unspecified atom stereocenters. The average Bonchev–Trinajstić information content (AvgIpc) is 2.98. The van der Waals surface area contributed by atoms with E-state index in [9.17, 15) is 4.79 Å². The molecule has 1 aromatic carbocycles. The van der Waals surface area contributed by atoms with Crippen LogP contribution >= 0.6 is 11.6 Å². The third kappa shape index (κ3) is 2.37. The van der Waals surface area contributed by atoms with Gasteiger partial charge in [0, 0.05) is 30.0 Å². The van der Waals surface area contributed by atoms with Gasteiger partial charge < -0.3 is 9.47 Å². The maximum absolute atomic E-state index is 12.4. The first-order valence-corrected chi connectivity index (χ1v) is 7.08. The number of rotatable bonds is 3. The zero-order valence-electron chi connectivity index (χ0n) is 11.0.